The minimum Gasteiger partial charge on any atom is -0.345 e. The molecule has 1 aromatic rings. The third-order valence-corrected chi connectivity index (χ3v) is 4.23. The molecule has 3 nitrogen and oxygen atoms in total. The van der Waals surface area contributed by atoms with E-state index in [2.05, 4.69) is 5.32 Å². The van der Waals surface area contributed by atoms with Gasteiger partial charge in [0.15, 0.2) is 0 Å². The molecule has 19 heavy (non-hydrogen) atoms. The molecule has 0 atom stereocenters. The average Bonchev–Trinajstić information content (AvgIpc) is 2.48. The van der Waals surface area contributed by atoms with Crippen LogP contribution in [0.3, 0.4) is 0 Å². The fourth-order valence-corrected chi connectivity index (χ4v) is 2.86. The first kappa shape index (κ1) is 13.9. The van der Waals surface area contributed by atoms with Crippen molar-refractivity contribution in [1.29, 1.82) is 5.26 Å². The highest BCUT2D eigenvalue weighted by Crippen LogP contribution is 2.29. The molecule has 1 N–H and O–H groups in total. The van der Waals surface area contributed by atoms with Gasteiger partial charge in [-0.05, 0) is 37.1 Å². The Balaban J connectivity index is 2.08. The summed E-state index contributed by atoms with van der Waals surface area (Å²) in [7, 11) is 0. The van der Waals surface area contributed by atoms with Gasteiger partial charge in [-0.3, -0.25) is 4.79 Å². The Morgan fingerprint density at radius 1 is 1.26 bits per heavy atom. The van der Waals surface area contributed by atoms with Crippen molar-refractivity contribution in [3.63, 3.8) is 0 Å². The predicted molar refractivity (Wildman–Crippen MR) is 75.2 cm³/mol. The van der Waals surface area contributed by atoms with Gasteiger partial charge >= 0.3 is 0 Å². The zero-order valence-electron chi connectivity index (χ0n) is 10.8. The molecule has 0 unspecified atom stereocenters. The van der Waals surface area contributed by atoms with Gasteiger partial charge in [0.05, 0.1) is 17.2 Å². The Morgan fingerprint density at radius 3 is 2.42 bits per heavy atom. The van der Waals surface area contributed by atoms with E-state index >= 15 is 0 Å². The van der Waals surface area contributed by atoms with Gasteiger partial charge in [-0.25, -0.2) is 0 Å². The summed E-state index contributed by atoms with van der Waals surface area (Å²) in [5, 5.41) is 11.8. The van der Waals surface area contributed by atoms with Crippen LogP contribution in [0.1, 0.15) is 48.0 Å². The predicted octanol–water partition coefficient (Wildman–Crippen LogP) is 3.23. The molecular weight excluding hydrogens is 260 g/mol. The van der Waals surface area contributed by atoms with E-state index in [1.165, 1.54) is 6.42 Å². The lowest BCUT2D eigenvalue weighted by atomic mass is 9.83. The van der Waals surface area contributed by atoms with E-state index in [9.17, 15) is 4.79 Å². The minimum atomic E-state index is -0.259. The number of hydrogen-bond donors (Lipinski definition) is 1. The molecule has 1 aliphatic rings. The number of hydrogen-bond acceptors (Lipinski definition) is 2. The highest BCUT2D eigenvalue weighted by molar-refractivity contribution is 6.19. The number of nitrogens with one attached hydrogen (secondary N) is 1. The van der Waals surface area contributed by atoms with E-state index in [-0.39, 0.29) is 11.4 Å². The van der Waals surface area contributed by atoms with Crippen molar-refractivity contribution in [3.05, 3.63) is 35.4 Å². The summed E-state index contributed by atoms with van der Waals surface area (Å²) in [6.07, 6.45) is 5.32. The second-order valence-electron chi connectivity index (χ2n) is 5.12. The van der Waals surface area contributed by atoms with Crippen molar-refractivity contribution < 1.29 is 4.79 Å². The van der Waals surface area contributed by atoms with Crippen molar-refractivity contribution in [2.75, 3.05) is 5.88 Å². The van der Waals surface area contributed by atoms with Crippen molar-refractivity contribution in [1.82, 2.24) is 5.32 Å². The van der Waals surface area contributed by atoms with Gasteiger partial charge in [0.1, 0.15) is 0 Å². The number of carbonyl (C=O) groups is 1. The van der Waals surface area contributed by atoms with Gasteiger partial charge in [0, 0.05) is 11.4 Å². The van der Waals surface area contributed by atoms with E-state index in [4.69, 9.17) is 16.9 Å². The van der Waals surface area contributed by atoms with Crippen LogP contribution in [0.15, 0.2) is 24.3 Å². The zero-order chi connectivity index (χ0) is 13.7. The maximum absolute atomic E-state index is 12.2. The van der Waals surface area contributed by atoms with Gasteiger partial charge in [0.2, 0.25) is 0 Å². The lowest BCUT2D eigenvalue weighted by molar-refractivity contribution is 0.0885. The molecule has 0 radical (unpaired) electrons. The molecule has 1 fully saturated rings. The molecular formula is C15H17ClN2O. The normalized spacial score (nSPS) is 17.5. The van der Waals surface area contributed by atoms with E-state index in [0.29, 0.717) is 17.0 Å². The zero-order valence-corrected chi connectivity index (χ0v) is 11.5. The highest BCUT2D eigenvalue weighted by Gasteiger charge is 2.32. The quantitative estimate of drug-likeness (QED) is 0.862. The number of alkyl halides is 1. The first-order chi connectivity index (χ1) is 9.19. The summed E-state index contributed by atoms with van der Waals surface area (Å²) >= 11 is 6.06. The Bertz CT molecular complexity index is 484. The Kier molecular flexibility index (Phi) is 4.44. The molecule has 100 valence electrons. The maximum Gasteiger partial charge on any atom is 0.251 e. The van der Waals surface area contributed by atoms with Crippen molar-refractivity contribution in [2.24, 2.45) is 0 Å². The van der Waals surface area contributed by atoms with E-state index < -0.39 is 0 Å². The summed E-state index contributed by atoms with van der Waals surface area (Å²) in [5.41, 5.74) is 0.875. The number of nitriles is 1. The molecule has 0 heterocycles. The van der Waals surface area contributed by atoms with Crippen LogP contribution in [0.4, 0.5) is 0 Å². The topological polar surface area (TPSA) is 52.9 Å². The smallest absolute Gasteiger partial charge is 0.251 e. The minimum absolute atomic E-state index is 0.105. The molecule has 0 saturated heterocycles. The van der Waals surface area contributed by atoms with E-state index in [1.807, 2.05) is 6.07 Å². The SMILES string of the molecule is N#Cc1ccc(C(=O)NC2(CCl)CCCCC2)cc1. The Labute approximate surface area is 118 Å². The van der Waals surface area contributed by atoms with Crippen LogP contribution in [0.5, 0.6) is 0 Å². The summed E-state index contributed by atoms with van der Waals surface area (Å²) in [6, 6.07) is 8.71. The number of benzene rings is 1. The number of carbonyl (C=O) groups excluding carboxylic acids is 1. The van der Waals surface area contributed by atoms with Crippen molar-refractivity contribution in [3.8, 4) is 6.07 Å². The third kappa shape index (κ3) is 3.27. The van der Waals surface area contributed by atoms with Gasteiger partial charge < -0.3 is 5.32 Å². The molecule has 0 aliphatic heterocycles. The molecule has 1 amide bonds. The summed E-state index contributed by atoms with van der Waals surface area (Å²) in [4.78, 5) is 12.2. The molecule has 0 spiro atoms. The third-order valence-electron chi connectivity index (χ3n) is 3.72. The molecule has 1 saturated carbocycles. The summed E-state index contributed by atoms with van der Waals surface area (Å²) in [5.74, 6) is 0.349. The average molecular weight is 277 g/mol. The largest absolute Gasteiger partial charge is 0.345 e. The maximum atomic E-state index is 12.2. The number of amides is 1. The number of halogens is 1. The molecule has 1 aromatic carbocycles. The molecule has 0 bridgehead atoms. The number of nitrogens with zero attached hydrogens (tertiary/aromatic N) is 1. The van der Waals surface area contributed by atoms with E-state index in [1.54, 1.807) is 24.3 Å². The Morgan fingerprint density at radius 2 is 1.89 bits per heavy atom. The van der Waals surface area contributed by atoms with Crippen LogP contribution in [-0.2, 0) is 0 Å². The van der Waals surface area contributed by atoms with Crippen LogP contribution >= 0.6 is 11.6 Å². The van der Waals surface area contributed by atoms with Crippen LogP contribution in [-0.4, -0.2) is 17.3 Å². The monoisotopic (exact) mass is 276 g/mol. The standard InChI is InChI=1S/C15H17ClN2O/c16-11-15(8-2-1-3-9-15)18-14(19)13-6-4-12(10-17)5-7-13/h4-7H,1-3,8-9,11H2,(H,18,19). The first-order valence-electron chi connectivity index (χ1n) is 6.58. The molecule has 0 aromatic heterocycles. The van der Waals surface area contributed by atoms with E-state index in [0.717, 1.165) is 25.7 Å². The second kappa shape index (κ2) is 6.08. The van der Waals surface area contributed by atoms with Crippen LogP contribution < -0.4 is 5.32 Å². The fourth-order valence-electron chi connectivity index (χ4n) is 2.53. The molecule has 2 rings (SSSR count). The summed E-state index contributed by atoms with van der Waals surface area (Å²) < 4.78 is 0. The van der Waals surface area contributed by atoms with Crippen molar-refractivity contribution in [2.45, 2.75) is 37.6 Å². The Hall–Kier alpha value is -1.53. The van der Waals surface area contributed by atoms with Crippen LogP contribution in [0.2, 0.25) is 0 Å². The van der Waals surface area contributed by atoms with Crippen LogP contribution in [0.25, 0.3) is 0 Å². The second-order valence-corrected chi connectivity index (χ2v) is 5.39. The number of rotatable bonds is 3. The fraction of sp³-hybridized carbons (Fsp3) is 0.467. The molecule has 4 heteroatoms. The summed E-state index contributed by atoms with van der Waals surface area (Å²) in [6.45, 7) is 0. The van der Waals surface area contributed by atoms with Crippen molar-refractivity contribution >= 4 is 17.5 Å². The lowest BCUT2D eigenvalue weighted by Crippen LogP contribution is -2.51. The van der Waals surface area contributed by atoms with Gasteiger partial charge in [-0.2, -0.15) is 5.26 Å². The molecule has 1 aliphatic carbocycles. The first-order valence-corrected chi connectivity index (χ1v) is 7.11. The highest BCUT2D eigenvalue weighted by atomic mass is 35.5. The van der Waals surface area contributed by atoms with Gasteiger partial charge in [-0.15, -0.1) is 11.6 Å². The van der Waals surface area contributed by atoms with Gasteiger partial charge in [0.25, 0.3) is 5.91 Å². The van der Waals surface area contributed by atoms with Gasteiger partial charge in [-0.1, -0.05) is 19.3 Å². The van der Waals surface area contributed by atoms with Crippen LogP contribution in [0, 0.1) is 11.3 Å². The lowest BCUT2D eigenvalue weighted by Gasteiger charge is -2.36.